The fourth-order valence-corrected chi connectivity index (χ4v) is 1.26. The predicted molar refractivity (Wildman–Crippen MR) is 42.8 cm³/mol. The number of hydrogen-bond donors (Lipinski definition) is 1. The Hall–Kier alpha value is -0.980. The van der Waals surface area contributed by atoms with Crippen LogP contribution in [-0.2, 0) is 0 Å². The van der Waals surface area contributed by atoms with Gasteiger partial charge in [0.15, 0.2) is 0 Å². The third kappa shape index (κ3) is 1.13. The lowest BCUT2D eigenvalue weighted by atomic mass is 10.0. The third-order valence-electron chi connectivity index (χ3n) is 1.72. The van der Waals surface area contributed by atoms with Crippen molar-refractivity contribution in [3.63, 3.8) is 0 Å². The molecule has 0 aromatic carbocycles. The van der Waals surface area contributed by atoms with Gasteiger partial charge in [-0.2, -0.15) is 0 Å². The molecule has 0 amide bonds. The minimum Gasteiger partial charge on any atom is -0.508 e. The molecule has 1 nitrogen and oxygen atoms in total. The summed E-state index contributed by atoms with van der Waals surface area (Å²) in [5, 5.41) is 9.04. The molecular weight excluding hydrogens is 124 g/mol. The summed E-state index contributed by atoms with van der Waals surface area (Å²) in [5.74, 6) is 0.526. The molecule has 1 atom stereocenters. The molecule has 0 spiro atoms. The normalized spacial score (nSPS) is 24.0. The van der Waals surface area contributed by atoms with Gasteiger partial charge < -0.3 is 5.11 Å². The van der Waals surface area contributed by atoms with E-state index in [1.165, 1.54) is 5.57 Å². The lowest BCUT2D eigenvalue weighted by molar-refractivity contribution is 0.418. The molecule has 0 saturated carbocycles. The molecule has 10 heavy (non-hydrogen) atoms. The Kier molecular flexibility index (Phi) is 1.66. The summed E-state index contributed by atoms with van der Waals surface area (Å²) in [7, 11) is 0. The maximum Gasteiger partial charge on any atom is 0.112 e. The minimum absolute atomic E-state index is 0.195. The van der Waals surface area contributed by atoms with Crippen molar-refractivity contribution in [3.8, 4) is 0 Å². The van der Waals surface area contributed by atoms with Gasteiger partial charge in [0.25, 0.3) is 0 Å². The quantitative estimate of drug-likeness (QED) is 0.549. The molecule has 54 valence electrons. The number of allylic oxidation sites excluding steroid dienone is 4. The van der Waals surface area contributed by atoms with Gasteiger partial charge in [-0.05, 0) is 6.92 Å². The lowest BCUT2D eigenvalue weighted by Crippen LogP contribution is -1.93. The van der Waals surface area contributed by atoms with Crippen LogP contribution < -0.4 is 0 Å². The van der Waals surface area contributed by atoms with Crippen molar-refractivity contribution in [2.75, 3.05) is 0 Å². The van der Waals surface area contributed by atoms with Gasteiger partial charge in [0.05, 0.1) is 0 Å². The van der Waals surface area contributed by atoms with Crippen LogP contribution in [0.15, 0.2) is 35.6 Å². The molecular formula is C9H12O. The molecule has 0 saturated heterocycles. The molecule has 1 unspecified atom stereocenters. The summed E-state index contributed by atoms with van der Waals surface area (Å²) in [4.78, 5) is 0. The van der Waals surface area contributed by atoms with E-state index < -0.39 is 0 Å². The van der Waals surface area contributed by atoms with Gasteiger partial charge in [0.1, 0.15) is 5.76 Å². The smallest absolute Gasteiger partial charge is 0.112 e. The van der Waals surface area contributed by atoms with Gasteiger partial charge in [0, 0.05) is 11.5 Å². The summed E-state index contributed by atoms with van der Waals surface area (Å²) >= 11 is 0. The topological polar surface area (TPSA) is 20.2 Å². The molecule has 1 aliphatic carbocycles. The number of hydrogen-bond acceptors (Lipinski definition) is 1. The molecule has 0 fully saturated rings. The standard InChI is InChI=1S/C9H12O/c1-6-4-7(2)9(5-6)8(3)10/h4-5,7,10H,3H2,1-2H3. The molecule has 0 aliphatic heterocycles. The van der Waals surface area contributed by atoms with E-state index in [-0.39, 0.29) is 5.76 Å². The van der Waals surface area contributed by atoms with E-state index in [1.807, 2.05) is 19.9 Å². The highest BCUT2D eigenvalue weighted by molar-refractivity contribution is 5.41. The minimum atomic E-state index is 0.195. The number of aliphatic hydroxyl groups excluding tert-OH is 1. The third-order valence-corrected chi connectivity index (χ3v) is 1.72. The summed E-state index contributed by atoms with van der Waals surface area (Å²) in [6.45, 7) is 7.54. The lowest BCUT2D eigenvalue weighted by Gasteiger charge is -2.03. The van der Waals surface area contributed by atoms with Crippen molar-refractivity contribution in [1.82, 2.24) is 0 Å². The molecule has 0 aromatic rings. The summed E-state index contributed by atoms with van der Waals surface area (Å²) < 4.78 is 0. The van der Waals surface area contributed by atoms with Crippen molar-refractivity contribution in [3.05, 3.63) is 35.6 Å². The van der Waals surface area contributed by atoms with Gasteiger partial charge in [-0.1, -0.05) is 31.2 Å². The summed E-state index contributed by atoms with van der Waals surface area (Å²) in [6, 6.07) is 0. The van der Waals surface area contributed by atoms with E-state index in [9.17, 15) is 0 Å². The Morgan fingerprint density at radius 3 is 2.50 bits per heavy atom. The van der Waals surface area contributed by atoms with E-state index in [1.54, 1.807) is 0 Å². The van der Waals surface area contributed by atoms with Crippen LogP contribution >= 0.6 is 0 Å². The zero-order chi connectivity index (χ0) is 7.72. The second kappa shape index (κ2) is 2.33. The molecule has 0 radical (unpaired) electrons. The first-order valence-corrected chi connectivity index (χ1v) is 3.39. The van der Waals surface area contributed by atoms with E-state index in [0.29, 0.717) is 5.92 Å². The zero-order valence-corrected chi connectivity index (χ0v) is 6.39. The van der Waals surface area contributed by atoms with Crippen LogP contribution in [0.1, 0.15) is 13.8 Å². The second-order valence-electron chi connectivity index (χ2n) is 2.75. The Morgan fingerprint density at radius 1 is 1.70 bits per heavy atom. The first kappa shape index (κ1) is 7.13. The Balaban J connectivity index is 2.85. The fraction of sp³-hybridized carbons (Fsp3) is 0.333. The molecule has 0 aromatic heterocycles. The van der Waals surface area contributed by atoms with E-state index >= 15 is 0 Å². The highest BCUT2D eigenvalue weighted by Gasteiger charge is 2.13. The van der Waals surface area contributed by atoms with Crippen LogP contribution in [0, 0.1) is 5.92 Å². The molecule has 0 bridgehead atoms. The maximum absolute atomic E-state index is 9.04. The average Bonchev–Trinajstić information content (AvgIpc) is 2.10. The van der Waals surface area contributed by atoms with Crippen molar-refractivity contribution in [2.45, 2.75) is 13.8 Å². The van der Waals surface area contributed by atoms with Crippen LogP contribution in [0.3, 0.4) is 0 Å². The van der Waals surface area contributed by atoms with Gasteiger partial charge in [-0.25, -0.2) is 0 Å². The Bertz CT molecular complexity index is 221. The van der Waals surface area contributed by atoms with Gasteiger partial charge in [-0.15, -0.1) is 0 Å². The van der Waals surface area contributed by atoms with Crippen molar-refractivity contribution in [2.24, 2.45) is 5.92 Å². The zero-order valence-electron chi connectivity index (χ0n) is 6.39. The number of aliphatic hydroxyl groups is 1. The number of rotatable bonds is 1. The Morgan fingerprint density at radius 2 is 2.30 bits per heavy atom. The van der Waals surface area contributed by atoms with Crippen LogP contribution in [0.4, 0.5) is 0 Å². The van der Waals surface area contributed by atoms with E-state index in [4.69, 9.17) is 5.11 Å². The molecule has 0 heterocycles. The van der Waals surface area contributed by atoms with Gasteiger partial charge >= 0.3 is 0 Å². The van der Waals surface area contributed by atoms with Crippen LogP contribution in [0.25, 0.3) is 0 Å². The fourth-order valence-electron chi connectivity index (χ4n) is 1.26. The molecule has 1 heteroatoms. The largest absolute Gasteiger partial charge is 0.508 e. The van der Waals surface area contributed by atoms with Crippen LogP contribution in [0.2, 0.25) is 0 Å². The SMILES string of the molecule is C=C(O)C1=CC(C)=CC1C. The first-order valence-electron chi connectivity index (χ1n) is 3.39. The summed E-state index contributed by atoms with van der Waals surface area (Å²) in [5.41, 5.74) is 2.15. The van der Waals surface area contributed by atoms with E-state index in [2.05, 4.69) is 12.7 Å². The second-order valence-corrected chi connectivity index (χ2v) is 2.75. The van der Waals surface area contributed by atoms with Gasteiger partial charge in [0.2, 0.25) is 0 Å². The maximum atomic E-state index is 9.04. The van der Waals surface area contributed by atoms with Crippen molar-refractivity contribution in [1.29, 1.82) is 0 Å². The first-order chi connectivity index (χ1) is 4.61. The molecule has 1 aliphatic rings. The van der Waals surface area contributed by atoms with Crippen LogP contribution in [0.5, 0.6) is 0 Å². The predicted octanol–water partition coefficient (Wildman–Crippen LogP) is 2.58. The van der Waals surface area contributed by atoms with Crippen molar-refractivity contribution < 1.29 is 5.11 Å². The highest BCUT2D eigenvalue weighted by atomic mass is 16.3. The van der Waals surface area contributed by atoms with Gasteiger partial charge in [-0.3, -0.25) is 0 Å². The highest BCUT2D eigenvalue weighted by Crippen LogP contribution is 2.26. The summed E-state index contributed by atoms with van der Waals surface area (Å²) in [6.07, 6.45) is 4.07. The Labute approximate surface area is 61.4 Å². The van der Waals surface area contributed by atoms with Crippen molar-refractivity contribution >= 4 is 0 Å². The monoisotopic (exact) mass is 136 g/mol. The average molecular weight is 136 g/mol. The molecule has 1 N–H and O–H groups in total. The van der Waals surface area contributed by atoms with Crippen LogP contribution in [-0.4, -0.2) is 5.11 Å². The molecule has 1 rings (SSSR count). The van der Waals surface area contributed by atoms with E-state index in [0.717, 1.165) is 5.57 Å².